The lowest BCUT2D eigenvalue weighted by Gasteiger charge is -2.42. The molecule has 1 aliphatic heterocycles. The van der Waals surface area contributed by atoms with Crippen LogP contribution in [0.5, 0.6) is 0 Å². The fraction of sp³-hybridized carbons (Fsp3) is 0.875. The van der Waals surface area contributed by atoms with Gasteiger partial charge in [0.15, 0.2) is 0 Å². The molecule has 1 N–H and O–H groups in total. The fourth-order valence-corrected chi connectivity index (χ4v) is 3.95. The Bertz CT molecular complexity index is 436. The second kappa shape index (κ2) is 6.88. The largest absolute Gasteiger partial charge is 0.316 e. The summed E-state index contributed by atoms with van der Waals surface area (Å²) in [5.41, 5.74) is 0.482. The van der Waals surface area contributed by atoms with E-state index in [-0.39, 0.29) is 0 Å². The summed E-state index contributed by atoms with van der Waals surface area (Å²) >= 11 is 0. The second-order valence-electron chi connectivity index (χ2n) is 6.89. The SMILES string of the molecule is CCCNCC1(CN2CCn3cnnc3C2)CCCCC1. The molecule has 0 bridgehead atoms. The van der Waals surface area contributed by atoms with E-state index in [0.717, 1.165) is 32.0 Å². The van der Waals surface area contributed by atoms with Gasteiger partial charge >= 0.3 is 0 Å². The van der Waals surface area contributed by atoms with Gasteiger partial charge in [0.2, 0.25) is 0 Å². The van der Waals surface area contributed by atoms with Crippen molar-refractivity contribution in [1.82, 2.24) is 25.0 Å². The highest BCUT2D eigenvalue weighted by Gasteiger charge is 2.34. The Kier molecular flexibility index (Phi) is 4.91. The standard InChI is InChI=1S/C16H29N5/c1-2-8-17-12-16(6-4-3-5-7-16)13-20-9-10-21-14-18-19-15(21)11-20/h14,17H,2-13H2,1H3. The molecule has 5 nitrogen and oxygen atoms in total. The van der Waals surface area contributed by atoms with Crippen LogP contribution in [0.4, 0.5) is 0 Å². The van der Waals surface area contributed by atoms with Gasteiger partial charge < -0.3 is 9.88 Å². The van der Waals surface area contributed by atoms with Gasteiger partial charge in [0.1, 0.15) is 12.2 Å². The van der Waals surface area contributed by atoms with Gasteiger partial charge in [0.25, 0.3) is 0 Å². The maximum absolute atomic E-state index is 4.25. The Balaban J connectivity index is 1.61. The normalized spacial score (nSPS) is 22.1. The molecule has 1 aliphatic carbocycles. The van der Waals surface area contributed by atoms with Gasteiger partial charge in [-0.05, 0) is 31.2 Å². The van der Waals surface area contributed by atoms with Gasteiger partial charge in [0.05, 0.1) is 6.54 Å². The van der Waals surface area contributed by atoms with Gasteiger partial charge in [0, 0.05) is 26.2 Å². The van der Waals surface area contributed by atoms with E-state index < -0.39 is 0 Å². The molecule has 1 fully saturated rings. The minimum absolute atomic E-state index is 0.482. The predicted octanol–water partition coefficient (Wildman–Crippen LogP) is 2.04. The molecule has 0 atom stereocenters. The van der Waals surface area contributed by atoms with Crippen LogP contribution in [0.25, 0.3) is 0 Å². The van der Waals surface area contributed by atoms with E-state index in [1.807, 2.05) is 6.33 Å². The molecular weight excluding hydrogens is 262 g/mol. The molecule has 0 radical (unpaired) electrons. The van der Waals surface area contributed by atoms with Crippen LogP contribution in [0.1, 0.15) is 51.3 Å². The first kappa shape index (κ1) is 15.0. The molecule has 0 spiro atoms. The number of hydrogen-bond donors (Lipinski definition) is 1. The van der Waals surface area contributed by atoms with Crippen molar-refractivity contribution in [3.05, 3.63) is 12.2 Å². The van der Waals surface area contributed by atoms with Crippen molar-refractivity contribution in [2.24, 2.45) is 5.41 Å². The summed E-state index contributed by atoms with van der Waals surface area (Å²) < 4.78 is 2.19. The molecule has 0 saturated heterocycles. The van der Waals surface area contributed by atoms with Crippen molar-refractivity contribution in [2.75, 3.05) is 26.2 Å². The van der Waals surface area contributed by atoms with Crippen LogP contribution < -0.4 is 5.32 Å². The first-order chi connectivity index (χ1) is 10.3. The van der Waals surface area contributed by atoms with Crippen molar-refractivity contribution < 1.29 is 0 Å². The zero-order valence-electron chi connectivity index (χ0n) is 13.4. The zero-order valence-corrected chi connectivity index (χ0v) is 13.4. The molecule has 0 aromatic carbocycles. The Morgan fingerprint density at radius 1 is 1.24 bits per heavy atom. The van der Waals surface area contributed by atoms with Crippen LogP contribution in [0.3, 0.4) is 0 Å². The third kappa shape index (κ3) is 3.64. The fourth-order valence-electron chi connectivity index (χ4n) is 3.95. The molecule has 1 aromatic heterocycles. The molecule has 5 heteroatoms. The lowest BCUT2D eigenvalue weighted by Crippen LogP contribution is -2.47. The lowest BCUT2D eigenvalue weighted by atomic mass is 9.73. The molecule has 21 heavy (non-hydrogen) atoms. The van der Waals surface area contributed by atoms with Gasteiger partial charge in [-0.1, -0.05) is 26.2 Å². The third-order valence-electron chi connectivity index (χ3n) is 5.12. The first-order valence-corrected chi connectivity index (χ1v) is 8.61. The number of nitrogens with one attached hydrogen (secondary N) is 1. The Hall–Kier alpha value is -0.940. The summed E-state index contributed by atoms with van der Waals surface area (Å²) in [7, 11) is 0. The van der Waals surface area contributed by atoms with Crippen LogP contribution in [0, 0.1) is 5.41 Å². The van der Waals surface area contributed by atoms with Crippen molar-refractivity contribution in [3.8, 4) is 0 Å². The van der Waals surface area contributed by atoms with E-state index in [1.54, 1.807) is 0 Å². The Labute approximate surface area is 128 Å². The molecule has 1 aromatic rings. The zero-order chi connectivity index (χ0) is 14.5. The Morgan fingerprint density at radius 2 is 2.10 bits per heavy atom. The molecule has 118 valence electrons. The minimum atomic E-state index is 0.482. The monoisotopic (exact) mass is 291 g/mol. The van der Waals surface area contributed by atoms with Crippen LogP contribution in [0.15, 0.2) is 6.33 Å². The van der Waals surface area contributed by atoms with E-state index in [0.29, 0.717) is 5.41 Å². The van der Waals surface area contributed by atoms with E-state index in [2.05, 4.69) is 31.9 Å². The van der Waals surface area contributed by atoms with Gasteiger partial charge in [-0.25, -0.2) is 0 Å². The van der Waals surface area contributed by atoms with Gasteiger partial charge in [-0.3, -0.25) is 4.90 Å². The molecule has 1 saturated carbocycles. The quantitative estimate of drug-likeness (QED) is 0.815. The molecule has 0 amide bonds. The number of aromatic nitrogens is 3. The summed E-state index contributed by atoms with van der Waals surface area (Å²) in [5.74, 6) is 1.13. The second-order valence-corrected chi connectivity index (χ2v) is 6.89. The molecular formula is C16H29N5. The van der Waals surface area contributed by atoms with Crippen molar-refractivity contribution in [1.29, 1.82) is 0 Å². The highest BCUT2D eigenvalue weighted by Crippen LogP contribution is 2.37. The summed E-state index contributed by atoms with van der Waals surface area (Å²) in [4.78, 5) is 2.60. The predicted molar refractivity (Wildman–Crippen MR) is 84.0 cm³/mol. The number of hydrogen-bond acceptors (Lipinski definition) is 4. The summed E-state index contributed by atoms with van der Waals surface area (Å²) in [6.07, 6.45) is 10.1. The van der Waals surface area contributed by atoms with Crippen molar-refractivity contribution >= 4 is 0 Å². The van der Waals surface area contributed by atoms with Gasteiger partial charge in [-0.2, -0.15) is 0 Å². The van der Waals surface area contributed by atoms with Crippen molar-refractivity contribution in [3.63, 3.8) is 0 Å². The van der Waals surface area contributed by atoms with E-state index in [4.69, 9.17) is 0 Å². The summed E-state index contributed by atoms with van der Waals surface area (Å²) in [6.45, 7) is 8.95. The van der Waals surface area contributed by atoms with Crippen LogP contribution >= 0.6 is 0 Å². The average molecular weight is 291 g/mol. The summed E-state index contributed by atoms with van der Waals surface area (Å²) in [6, 6.07) is 0. The highest BCUT2D eigenvalue weighted by molar-refractivity contribution is 4.94. The van der Waals surface area contributed by atoms with Crippen LogP contribution in [0.2, 0.25) is 0 Å². The topological polar surface area (TPSA) is 46.0 Å². The van der Waals surface area contributed by atoms with E-state index in [9.17, 15) is 0 Å². The lowest BCUT2D eigenvalue weighted by molar-refractivity contribution is 0.0844. The van der Waals surface area contributed by atoms with Crippen LogP contribution in [-0.2, 0) is 13.1 Å². The molecule has 2 aliphatic rings. The summed E-state index contributed by atoms with van der Waals surface area (Å²) in [5, 5.41) is 12.0. The number of fused-ring (bicyclic) bond motifs is 1. The van der Waals surface area contributed by atoms with Crippen molar-refractivity contribution in [2.45, 2.75) is 58.5 Å². The Morgan fingerprint density at radius 3 is 2.90 bits per heavy atom. The highest BCUT2D eigenvalue weighted by atomic mass is 15.3. The smallest absolute Gasteiger partial charge is 0.147 e. The number of nitrogens with zero attached hydrogens (tertiary/aromatic N) is 4. The molecule has 2 heterocycles. The number of rotatable bonds is 6. The third-order valence-corrected chi connectivity index (χ3v) is 5.12. The van der Waals surface area contributed by atoms with Crippen LogP contribution in [-0.4, -0.2) is 45.8 Å². The molecule has 3 rings (SSSR count). The first-order valence-electron chi connectivity index (χ1n) is 8.61. The average Bonchev–Trinajstić information content (AvgIpc) is 2.96. The molecule has 0 unspecified atom stereocenters. The van der Waals surface area contributed by atoms with Gasteiger partial charge in [-0.15, -0.1) is 10.2 Å². The minimum Gasteiger partial charge on any atom is -0.316 e. The van der Waals surface area contributed by atoms with E-state index in [1.165, 1.54) is 51.6 Å². The maximum atomic E-state index is 4.25. The maximum Gasteiger partial charge on any atom is 0.147 e. The van der Waals surface area contributed by atoms with E-state index >= 15 is 0 Å².